The molecule has 1 aliphatic rings. The number of morpholine rings is 1. The molecule has 8 heteroatoms. The maximum Gasteiger partial charge on any atom is 0.239 e. The highest BCUT2D eigenvalue weighted by molar-refractivity contribution is 9.10. The van der Waals surface area contributed by atoms with Crippen molar-refractivity contribution >= 4 is 27.7 Å². The fourth-order valence-corrected chi connectivity index (χ4v) is 3.74. The maximum atomic E-state index is 13.2. The summed E-state index contributed by atoms with van der Waals surface area (Å²) in [6.45, 7) is 4.01. The summed E-state index contributed by atoms with van der Waals surface area (Å²) in [6, 6.07) is 15.8. The summed E-state index contributed by atoms with van der Waals surface area (Å²) in [6.07, 6.45) is -0.0633. The van der Waals surface area contributed by atoms with E-state index in [0.29, 0.717) is 31.2 Å². The number of anilines is 1. The van der Waals surface area contributed by atoms with Crippen LogP contribution in [0.4, 0.5) is 10.2 Å². The van der Waals surface area contributed by atoms with E-state index in [1.165, 1.54) is 12.1 Å². The largest absolute Gasteiger partial charge is 0.371 e. The van der Waals surface area contributed by atoms with Gasteiger partial charge >= 0.3 is 0 Å². The number of aryl methyl sites for hydroxylation is 1. The summed E-state index contributed by atoms with van der Waals surface area (Å²) < 4.78 is 21.8. The van der Waals surface area contributed by atoms with Crippen molar-refractivity contribution in [2.24, 2.45) is 0 Å². The summed E-state index contributed by atoms with van der Waals surface area (Å²) in [5.74, 6) is 0.109. The van der Waals surface area contributed by atoms with Crippen LogP contribution in [0, 0.1) is 12.7 Å². The number of hydrogen-bond acceptors (Lipinski definition) is 4. The smallest absolute Gasteiger partial charge is 0.239 e. The van der Waals surface area contributed by atoms with Crippen molar-refractivity contribution in [1.82, 2.24) is 14.7 Å². The molecule has 1 saturated heterocycles. The lowest BCUT2D eigenvalue weighted by molar-refractivity contribution is -0.119. The average Bonchev–Trinajstić information content (AvgIpc) is 3.09. The highest BCUT2D eigenvalue weighted by Gasteiger charge is 2.24. The zero-order chi connectivity index (χ0) is 21.1. The quantitative estimate of drug-likeness (QED) is 0.607. The van der Waals surface area contributed by atoms with Gasteiger partial charge in [0.05, 0.1) is 30.6 Å². The first-order valence-electron chi connectivity index (χ1n) is 9.70. The first kappa shape index (κ1) is 20.7. The lowest BCUT2D eigenvalue weighted by Gasteiger charge is -2.32. The Labute approximate surface area is 182 Å². The molecule has 0 radical (unpaired) electrons. The van der Waals surface area contributed by atoms with Crippen molar-refractivity contribution in [3.8, 4) is 5.69 Å². The third kappa shape index (κ3) is 4.95. The molecule has 3 aromatic rings. The van der Waals surface area contributed by atoms with Crippen molar-refractivity contribution in [3.05, 3.63) is 76.1 Å². The van der Waals surface area contributed by atoms with E-state index < -0.39 is 0 Å². The molecular formula is C22H22BrFN4O2. The highest BCUT2D eigenvalue weighted by atomic mass is 79.9. The van der Waals surface area contributed by atoms with Gasteiger partial charge in [-0.25, -0.2) is 9.07 Å². The number of carbonyl (C=O) groups is 1. The number of nitrogens with zero attached hydrogens (tertiary/aromatic N) is 3. The van der Waals surface area contributed by atoms with Gasteiger partial charge in [-0.3, -0.25) is 9.69 Å². The molecule has 1 fully saturated rings. The van der Waals surface area contributed by atoms with Crippen LogP contribution in [-0.2, 0) is 9.53 Å². The Morgan fingerprint density at radius 1 is 1.23 bits per heavy atom. The molecule has 6 nitrogen and oxygen atoms in total. The Kier molecular flexibility index (Phi) is 6.26. The summed E-state index contributed by atoms with van der Waals surface area (Å²) in [5.41, 5.74) is 2.53. The minimum atomic E-state index is -0.319. The summed E-state index contributed by atoms with van der Waals surface area (Å²) in [4.78, 5) is 14.8. The van der Waals surface area contributed by atoms with E-state index in [9.17, 15) is 9.18 Å². The number of ether oxygens (including phenoxy) is 1. The second-order valence-electron chi connectivity index (χ2n) is 7.25. The topological polar surface area (TPSA) is 59.4 Å². The van der Waals surface area contributed by atoms with E-state index in [0.717, 1.165) is 15.7 Å². The number of rotatable bonds is 5. The van der Waals surface area contributed by atoms with Crippen LogP contribution in [0.2, 0.25) is 0 Å². The van der Waals surface area contributed by atoms with E-state index in [1.807, 2.05) is 31.2 Å². The van der Waals surface area contributed by atoms with Crippen molar-refractivity contribution in [1.29, 1.82) is 0 Å². The molecule has 1 amide bonds. The molecule has 1 aromatic heterocycles. The predicted octanol–water partition coefficient (Wildman–Crippen LogP) is 4.09. The first-order chi connectivity index (χ1) is 14.5. The standard InChI is InChI=1S/C22H22BrFN4O2/c1-15-12-21(28(26-15)19-8-6-18(24)7-9-19)25-22(29)14-27-10-11-30-20(13-27)16-2-4-17(23)5-3-16/h2-9,12,20H,10-11,13-14H2,1H3,(H,25,29). The molecule has 0 aliphatic carbocycles. The highest BCUT2D eigenvalue weighted by Crippen LogP contribution is 2.24. The molecule has 30 heavy (non-hydrogen) atoms. The molecule has 1 unspecified atom stereocenters. The van der Waals surface area contributed by atoms with Crippen LogP contribution in [0.25, 0.3) is 5.69 Å². The molecule has 1 atom stereocenters. The number of hydrogen-bond donors (Lipinski definition) is 1. The number of nitrogens with one attached hydrogen (secondary N) is 1. The SMILES string of the molecule is Cc1cc(NC(=O)CN2CCOC(c3ccc(Br)cc3)C2)n(-c2ccc(F)cc2)n1. The molecule has 1 N–H and O–H groups in total. The second kappa shape index (κ2) is 9.07. The van der Waals surface area contributed by atoms with E-state index in [4.69, 9.17) is 4.74 Å². The number of benzene rings is 2. The van der Waals surface area contributed by atoms with Crippen molar-refractivity contribution in [2.45, 2.75) is 13.0 Å². The molecule has 0 spiro atoms. The van der Waals surface area contributed by atoms with E-state index in [-0.39, 0.29) is 24.4 Å². The minimum absolute atomic E-state index is 0.0633. The van der Waals surface area contributed by atoms with Crippen LogP contribution in [0.1, 0.15) is 17.4 Å². The Bertz CT molecular complexity index is 1020. The zero-order valence-corrected chi connectivity index (χ0v) is 18.1. The molecule has 2 aromatic carbocycles. The zero-order valence-electron chi connectivity index (χ0n) is 16.5. The van der Waals surface area contributed by atoms with Gasteiger partial charge < -0.3 is 10.1 Å². The molecule has 0 bridgehead atoms. The van der Waals surface area contributed by atoms with Gasteiger partial charge in [-0.05, 0) is 48.9 Å². The molecule has 156 valence electrons. The van der Waals surface area contributed by atoms with Gasteiger partial charge in [-0.15, -0.1) is 0 Å². The third-order valence-corrected chi connectivity index (χ3v) is 5.46. The Morgan fingerprint density at radius 2 is 1.97 bits per heavy atom. The first-order valence-corrected chi connectivity index (χ1v) is 10.5. The Balaban J connectivity index is 1.41. The fourth-order valence-electron chi connectivity index (χ4n) is 3.48. The van der Waals surface area contributed by atoms with Crippen LogP contribution in [0.3, 0.4) is 0 Å². The molecule has 1 aliphatic heterocycles. The van der Waals surface area contributed by atoms with Gasteiger partial charge in [-0.1, -0.05) is 28.1 Å². The predicted molar refractivity (Wildman–Crippen MR) is 116 cm³/mol. The van der Waals surface area contributed by atoms with Crippen LogP contribution in [0.15, 0.2) is 59.1 Å². The Hall–Kier alpha value is -2.55. The molecule has 2 heterocycles. The van der Waals surface area contributed by atoms with E-state index in [2.05, 4.69) is 31.2 Å². The monoisotopic (exact) mass is 472 g/mol. The van der Waals surface area contributed by atoms with Crippen LogP contribution in [0.5, 0.6) is 0 Å². The second-order valence-corrected chi connectivity index (χ2v) is 8.17. The van der Waals surface area contributed by atoms with E-state index in [1.54, 1.807) is 22.9 Å². The lowest BCUT2D eigenvalue weighted by Crippen LogP contribution is -2.42. The Morgan fingerprint density at radius 3 is 2.70 bits per heavy atom. The number of aromatic nitrogens is 2. The van der Waals surface area contributed by atoms with Crippen LogP contribution >= 0.6 is 15.9 Å². The number of carbonyl (C=O) groups excluding carboxylic acids is 1. The fraction of sp³-hybridized carbons (Fsp3) is 0.273. The molecule has 0 saturated carbocycles. The number of halogens is 2. The van der Waals surface area contributed by atoms with Gasteiger partial charge in [0.2, 0.25) is 5.91 Å². The summed E-state index contributed by atoms with van der Waals surface area (Å²) in [5, 5.41) is 7.34. The van der Waals surface area contributed by atoms with Gasteiger partial charge in [-0.2, -0.15) is 5.10 Å². The average molecular weight is 473 g/mol. The molecular weight excluding hydrogens is 451 g/mol. The van der Waals surface area contributed by atoms with Gasteiger partial charge in [0.25, 0.3) is 0 Å². The van der Waals surface area contributed by atoms with Gasteiger partial charge in [0, 0.05) is 23.6 Å². The van der Waals surface area contributed by atoms with Crippen molar-refractivity contribution < 1.29 is 13.9 Å². The minimum Gasteiger partial charge on any atom is -0.371 e. The number of amides is 1. The lowest BCUT2D eigenvalue weighted by atomic mass is 10.1. The summed E-state index contributed by atoms with van der Waals surface area (Å²) in [7, 11) is 0. The normalized spacial score (nSPS) is 17.1. The van der Waals surface area contributed by atoms with Gasteiger partial charge in [0.1, 0.15) is 11.6 Å². The van der Waals surface area contributed by atoms with Crippen molar-refractivity contribution in [3.63, 3.8) is 0 Å². The van der Waals surface area contributed by atoms with Gasteiger partial charge in [0.15, 0.2) is 0 Å². The van der Waals surface area contributed by atoms with Crippen molar-refractivity contribution in [2.75, 3.05) is 31.6 Å². The van der Waals surface area contributed by atoms with Crippen LogP contribution < -0.4 is 5.32 Å². The maximum absolute atomic E-state index is 13.2. The molecule has 4 rings (SSSR count). The summed E-state index contributed by atoms with van der Waals surface area (Å²) >= 11 is 3.44. The third-order valence-electron chi connectivity index (χ3n) is 4.93. The van der Waals surface area contributed by atoms with Crippen LogP contribution in [-0.4, -0.2) is 46.8 Å². The van der Waals surface area contributed by atoms with E-state index >= 15 is 0 Å².